The van der Waals surface area contributed by atoms with E-state index in [2.05, 4.69) is 11.6 Å². The van der Waals surface area contributed by atoms with Crippen molar-refractivity contribution in [2.24, 2.45) is 4.99 Å². The second kappa shape index (κ2) is 9.62. The van der Waals surface area contributed by atoms with E-state index in [0.29, 0.717) is 33.6 Å². The second-order valence-corrected chi connectivity index (χ2v) is 8.04. The maximum absolute atomic E-state index is 13.3. The Bertz CT molecular complexity index is 1180. The second-order valence-electron chi connectivity index (χ2n) is 7.03. The van der Waals surface area contributed by atoms with E-state index in [4.69, 9.17) is 9.15 Å². The third-order valence-corrected chi connectivity index (χ3v) is 5.83. The molecule has 2 heterocycles. The van der Waals surface area contributed by atoms with Gasteiger partial charge in [0.2, 0.25) is 0 Å². The summed E-state index contributed by atoms with van der Waals surface area (Å²) in [6.07, 6.45) is 5.55. The van der Waals surface area contributed by atoms with Gasteiger partial charge in [0.15, 0.2) is 16.7 Å². The number of carbonyl (C=O) groups is 1. The molecule has 0 bridgehead atoms. The first-order valence-corrected chi connectivity index (χ1v) is 10.8. The lowest BCUT2D eigenvalue weighted by molar-refractivity contribution is -0.122. The summed E-state index contributed by atoms with van der Waals surface area (Å²) in [6.45, 7) is 4.02. The highest BCUT2D eigenvalue weighted by molar-refractivity contribution is 8.18. The van der Waals surface area contributed by atoms with Crippen molar-refractivity contribution in [3.05, 3.63) is 95.3 Å². The summed E-state index contributed by atoms with van der Waals surface area (Å²) in [5, 5.41) is 10.9. The lowest BCUT2D eigenvalue weighted by atomic mass is 10.1. The minimum atomic E-state index is -0.168. The molecule has 0 spiro atoms. The average Bonchev–Trinajstić information content (AvgIpc) is 3.41. The number of aliphatic imine (C=N–C) groups is 1. The number of nitrogens with zero attached hydrogens (tertiary/aromatic N) is 2. The maximum atomic E-state index is 13.3. The number of aromatic hydroxyl groups is 1. The zero-order valence-electron chi connectivity index (χ0n) is 17.5. The Morgan fingerprint density at radius 3 is 2.72 bits per heavy atom. The number of para-hydroxylation sites is 1. The Labute approximate surface area is 190 Å². The third-order valence-electron chi connectivity index (χ3n) is 4.82. The van der Waals surface area contributed by atoms with Crippen molar-refractivity contribution >= 4 is 34.6 Å². The minimum absolute atomic E-state index is 0.0747. The smallest absolute Gasteiger partial charge is 0.267 e. The van der Waals surface area contributed by atoms with E-state index in [-0.39, 0.29) is 18.2 Å². The molecule has 1 aliphatic heterocycles. The van der Waals surface area contributed by atoms with Gasteiger partial charge in [-0.25, -0.2) is 4.99 Å². The van der Waals surface area contributed by atoms with Crippen LogP contribution in [0.25, 0.3) is 6.08 Å². The van der Waals surface area contributed by atoms with Crippen molar-refractivity contribution in [2.75, 3.05) is 7.11 Å². The molecule has 0 atom stereocenters. The van der Waals surface area contributed by atoms with Crippen LogP contribution in [0, 0.1) is 0 Å². The number of benzene rings is 2. The summed E-state index contributed by atoms with van der Waals surface area (Å²) in [5.74, 6) is 0.918. The number of methoxy groups -OCH3 is 1. The first-order chi connectivity index (χ1) is 15.6. The van der Waals surface area contributed by atoms with E-state index < -0.39 is 0 Å². The number of hydrogen-bond acceptors (Lipinski definition) is 6. The average molecular weight is 447 g/mol. The monoisotopic (exact) mass is 446 g/mol. The largest absolute Gasteiger partial charge is 0.504 e. The molecule has 3 aromatic rings. The van der Waals surface area contributed by atoms with E-state index in [1.807, 2.05) is 42.5 Å². The highest BCUT2D eigenvalue weighted by Gasteiger charge is 2.34. The highest BCUT2D eigenvalue weighted by atomic mass is 32.2. The minimum Gasteiger partial charge on any atom is -0.504 e. The number of furan rings is 1. The van der Waals surface area contributed by atoms with Gasteiger partial charge in [0.05, 0.1) is 30.5 Å². The molecular formula is C25H22N2O4S. The summed E-state index contributed by atoms with van der Waals surface area (Å²) in [5.41, 5.74) is 2.17. The van der Waals surface area contributed by atoms with Gasteiger partial charge in [0, 0.05) is 5.56 Å². The number of rotatable bonds is 7. The molecule has 0 aliphatic carbocycles. The maximum Gasteiger partial charge on any atom is 0.267 e. The van der Waals surface area contributed by atoms with E-state index in [9.17, 15) is 9.90 Å². The molecule has 162 valence electrons. The molecule has 1 aliphatic rings. The number of carbonyl (C=O) groups excluding carboxylic acids is 1. The molecule has 1 amide bonds. The van der Waals surface area contributed by atoms with Crippen molar-refractivity contribution in [1.82, 2.24) is 4.90 Å². The SMILES string of the molecule is C=CCc1cc(/C=C2\S/C(=N\c3ccccc3)N(Cc3ccco3)C2=O)cc(OC)c1O. The van der Waals surface area contributed by atoms with Crippen molar-refractivity contribution in [3.63, 3.8) is 0 Å². The van der Waals surface area contributed by atoms with Crippen LogP contribution >= 0.6 is 11.8 Å². The lowest BCUT2D eigenvalue weighted by Gasteiger charge is -2.13. The number of ether oxygens (including phenoxy) is 1. The molecule has 32 heavy (non-hydrogen) atoms. The number of phenols is 1. The van der Waals surface area contributed by atoms with Crippen LogP contribution in [0.3, 0.4) is 0 Å². The molecule has 1 fully saturated rings. The number of hydrogen-bond donors (Lipinski definition) is 1. The van der Waals surface area contributed by atoms with Gasteiger partial charge in [0.25, 0.3) is 5.91 Å². The van der Waals surface area contributed by atoms with E-state index >= 15 is 0 Å². The highest BCUT2D eigenvalue weighted by Crippen LogP contribution is 2.37. The molecule has 1 N–H and O–H groups in total. The van der Waals surface area contributed by atoms with Crippen LogP contribution in [0.5, 0.6) is 11.5 Å². The van der Waals surface area contributed by atoms with Gasteiger partial charge in [-0.15, -0.1) is 6.58 Å². The van der Waals surface area contributed by atoms with Gasteiger partial charge in [-0.3, -0.25) is 9.69 Å². The van der Waals surface area contributed by atoms with Crippen LogP contribution in [0.1, 0.15) is 16.9 Å². The molecule has 0 unspecified atom stereocenters. The number of allylic oxidation sites excluding steroid dienone is 1. The van der Waals surface area contributed by atoms with Gasteiger partial charge in [-0.1, -0.05) is 24.3 Å². The van der Waals surface area contributed by atoms with Crippen molar-refractivity contribution in [2.45, 2.75) is 13.0 Å². The van der Waals surface area contributed by atoms with Gasteiger partial charge < -0.3 is 14.3 Å². The summed E-state index contributed by atoms with van der Waals surface area (Å²) >= 11 is 1.30. The molecule has 0 saturated carbocycles. The molecule has 4 rings (SSSR count). The normalized spacial score (nSPS) is 16.2. The van der Waals surface area contributed by atoms with Gasteiger partial charge >= 0.3 is 0 Å². The van der Waals surface area contributed by atoms with Crippen molar-refractivity contribution in [3.8, 4) is 11.5 Å². The van der Waals surface area contributed by atoms with Crippen molar-refractivity contribution in [1.29, 1.82) is 0 Å². The van der Waals surface area contributed by atoms with Gasteiger partial charge in [0.1, 0.15) is 5.76 Å². The zero-order chi connectivity index (χ0) is 22.5. The summed E-state index contributed by atoms with van der Waals surface area (Å²) < 4.78 is 10.8. The quantitative estimate of drug-likeness (QED) is 0.382. The van der Waals surface area contributed by atoms with Gasteiger partial charge in [-0.05, 0) is 66.2 Å². The third kappa shape index (κ3) is 4.63. The van der Waals surface area contributed by atoms with Crippen LogP contribution in [0.4, 0.5) is 5.69 Å². The fourth-order valence-electron chi connectivity index (χ4n) is 3.29. The molecule has 1 saturated heterocycles. The fraction of sp³-hybridized carbons (Fsp3) is 0.120. The Morgan fingerprint density at radius 2 is 2.03 bits per heavy atom. The van der Waals surface area contributed by atoms with E-state index in [0.717, 1.165) is 11.3 Å². The van der Waals surface area contributed by atoms with Crippen molar-refractivity contribution < 1.29 is 19.1 Å². The molecule has 0 radical (unpaired) electrons. The van der Waals surface area contributed by atoms with Crippen LogP contribution in [-0.4, -0.2) is 28.2 Å². The molecule has 6 nitrogen and oxygen atoms in total. The van der Waals surface area contributed by atoms with Crippen LogP contribution in [0.15, 0.2) is 87.8 Å². The number of phenolic OH excluding ortho intramolecular Hbond substituents is 1. The topological polar surface area (TPSA) is 75.3 Å². The first kappa shape index (κ1) is 21.5. The standard InChI is InChI=1S/C25H22N2O4S/c1-3-8-18-13-17(14-21(30-2)23(18)28)15-22-24(29)27(16-20-11-7-12-31-20)25(32-22)26-19-9-5-4-6-10-19/h3-7,9-15,28H,1,8,16H2,2H3/b22-15-,26-25-. The summed E-state index contributed by atoms with van der Waals surface area (Å²) in [7, 11) is 1.49. The number of amides is 1. The summed E-state index contributed by atoms with van der Waals surface area (Å²) in [6, 6.07) is 16.6. The van der Waals surface area contributed by atoms with Crippen LogP contribution < -0.4 is 4.74 Å². The van der Waals surface area contributed by atoms with E-state index in [1.54, 1.807) is 35.4 Å². The molecule has 2 aromatic carbocycles. The number of thioether (sulfide) groups is 1. The summed E-state index contributed by atoms with van der Waals surface area (Å²) in [4.78, 5) is 20.1. The molecular weight excluding hydrogens is 424 g/mol. The van der Waals surface area contributed by atoms with Crippen LogP contribution in [-0.2, 0) is 17.8 Å². The predicted octanol–water partition coefficient (Wildman–Crippen LogP) is 5.53. The zero-order valence-corrected chi connectivity index (χ0v) is 18.3. The Morgan fingerprint density at radius 1 is 1.22 bits per heavy atom. The molecule has 7 heteroatoms. The first-order valence-electron chi connectivity index (χ1n) is 9.97. The predicted molar refractivity (Wildman–Crippen MR) is 127 cm³/mol. The van der Waals surface area contributed by atoms with Gasteiger partial charge in [-0.2, -0.15) is 0 Å². The molecule has 1 aromatic heterocycles. The Balaban J connectivity index is 1.72. The van der Waals surface area contributed by atoms with Crippen LogP contribution in [0.2, 0.25) is 0 Å². The Kier molecular flexibility index (Phi) is 6.47. The number of amidine groups is 1. The van der Waals surface area contributed by atoms with E-state index in [1.165, 1.54) is 18.9 Å². The lowest BCUT2D eigenvalue weighted by Crippen LogP contribution is -2.28. The fourth-order valence-corrected chi connectivity index (χ4v) is 4.29. The Hall–Kier alpha value is -3.71.